The van der Waals surface area contributed by atoms with Crippen LogP contribution in [-0.2, 0) is 25.2 Å². The van der Waals surface area contributed by atoms with Crippen molar-refractivity contribution in [2.45, 2.75) is 44.8 Å². The number of amides is 1. The first kappa shape index (κ1) is 32.0. The van der Waals surface area contributed by atoms with Gasteiger partial charge in [0.1, 0.15) is 5.56 Å². The third kappa shape index (κ3) is 7.62. The van der Waals surface area contributed by atoms with Gasteiger partial charge in [0.15, 0.2) is 11.6 Å². The molecule has 1 aliphatic rings. The van der Waals surface area contributed by atoms with Crippen LogP contribution in [-0.4, -0.2) is 57.4 Å². The van der Waals surface area contributed by atoms with Crippen molar-refractivity contribution in [1.29, 1.82) is 0 Å². The van der Waals surface area contributed by atoms with Gasteiger partial charge in [-0.3, -0.25) is 4.79 Å². The second-order valence-corrected chi connectivity index (χ2v) is 9.95. The van der Waals surface area contributed by atoms with Gasteiger partial charge in [0.2, 0.25) is 11.8 Å². The van der Waals surface area contributed by atoms with E-state index in [1.165, 1.54) is 25.2 Å². The summed E-state index contributed by atoms with van der Waals surface area (Å²) in [5.41, 5.74) is -1.63. The molecular weight excluding hydrogens is 548 g/mol. The Morgan fingerprint density at radius 1 is 1.10 bits per heavy atom. The standard InChI is InChI=1S/C29H34F4N2O6/c1-6-18-11-22(29(31,32)33)26(34-14-18)41-25-12-21(28(37)40-5)24(13-23(25)30)35(20(15-38-3)16-39-4)27(36)19-9-7-17(2)8-10-19/h6,11-14,17,19-20H,1,7-10,15-16H2,2-5H3/t17-,19-. The van der Waals surface area contributed by atoms with Crippen LogP contribution in [0.1, 0.15) is 54.1 Å². The van der Waals surface area contributed by atoms with Gasteiger partial charge in [-0.15, -0.1) is 0 Å². The Hall–Kier alpha value is -3.51. The average molecular weight is 583 g/mol. The molecule has 12 heteroatoms. The Morgan fingerprint density at radius 3 is 2.27 bits per heavy atom. The summed E-state index contributed by atoms with van der Waals surface area (Å²) in [7, 11) is 3.94. The van der Waals surface area contributed by atoms with E-state index >= 15 is 4.39 Å². The fourth-order valence-corrected chi connectivity index (χ4v) is 4.84. The smallest absolute Gasteiger partial charge is 0.421 e. The van der Waals surface area contributed by atoms with Crippen LogP contribution in [0.15, 0.2) is 31.0 Å². The van der Waals surface area contributed by atoms with Gasteiger partial charge in [-0.05, 0) is 43.2 Å². The highest BCUT2D eigenvalue weighted by atomic mass is 19.4. The Morgan fingerprint density at radius 2 is 1.73 bits per heavy atom. The second-order valence-electron chi connectivity index (χ2n) is 9.95. The first-order valence-corrected chi connectivity index (χ1v) is 13.0. The van der Waals surface area contributed by atoms with Gasteiger partial charge in [0, 0.05) is 38.5 Å². The van der Waals surface area contributed by atoms with Gasteiger partial charge in [-0.1, -0.05) is 19.6 Å². The molecule has 0 N–H and O–H groups in total. The lowest BCUT2D eigenvalue weighted by atomic mass is 9.82. The van der Waals surface area contributed by atoms with Crippen LogP contribution in [0.25, 0.3) is 6.08 Å². The molecule has 2 aromatic rings. The number of ether oxygens (including phenoxy) is 4. The Labute approximate surface area is 236 Å². The molecule has 0 unspecified atom stereocenters. The molecule has 0 bridgehead atoms. The van der Waals surface area contributed by atoms with Gasteiger partial charge < -0.3 is 23.8 Å². The third-order valence-corrected chi connectivity index (χ3v) is 7.02. The zero-order valence-electron chi connectivity index (χ0n) is 23.4. The minimum Gasteiger partial charge on any atom is -0.465 e. The molecule has 0 aliphatic heterocycles. The molecule has 224 valence electrons. The van der Waals surface area contributed by atoms with Crippen LogP contribution in [0.4, 0.5) is 23.2 Å². The number of methoxy groups -OCH3 is 3. The molecule has 8 nitrogen and oxygen atoms in total. The highest BCUT2D eigenvalue weighted by molar-refractivity contribution is 6.04. The van der Waals surface area contributed by atoms with Gasteiger partial charge in [-0.2, -0.15) is 13.2 Å². The summed E-state index contributed by atoms with van der Waals surface area (Å²) in [5.74, 6) is -4.02. The van der Waals surface area contributed by atoms with E-state index in [0.29, 0.717) is 18.8 Å². The topological polar surface area (TPSA) is 87.2 Å². The summed E-state index contributed by atoms with van der Waals surface area (Å²) in [6.45, 7) is 5.53. The molecule has 0 spiro atoms. The summed E-state index contributed by atoms with van der Waals surface area (Å²) >= 11 is 0. The summed E-state index contributed by atoms with van der Waals surface area (Å²) < 4.78 is 77.6. The van der Waals surface area contributed by atoms with Crippen molar-refractivity contribution in [3.8, 4) is 11.6 Å². The fourth-order valence-electron chi connectivity index (χ4n) is 4.84. The molecule has 1 heterocycles. The van der Waals surface area contributed by atoms with Gasteiger partial charge >= 0.3 is 12.1 Å². The van der Waals surface area contributed by atoms with Crippen molar-refractivity contribution >= 4 is 23.6 Å². The van der Waals surface area contributed by atoms with Gasteiger partial charge in [0.05, 0.1) is 37.6 Å². The number of aromatic nitrogens is 1. The van der Waals surface area contributed by atoms with E-state index in [-0.39, 0.29) is 35.9 Å². The van der Waals surface area contributed by atoms with Crippen molar-refractivity contribution in [2.75, 3.05) is 39.4 Å². The molecule has 1 amide bonds. The number of hydrogen-bond acceptors (Lipinski definition) is 7. The number of rotatable bonds is 11. The number of anilines is 1. The number of benzene rings is 1. The monoisotopic (exact) mass is 582 g/mol. The fraction of sp³-hybridized carbons (Fsp3) is 0.483. The normalized spacial score (nSPS) is 17.3. The quantitative estimate of drug-likeness (QED) is 0.228. The number of esters is 1. The minimum atomic E-state index is -4.88. The number of nitrogens with zero attached hydrogens (tertiary/aromatic N) is 2. The van der Waals surface area contributed by atoms with Crippen molar-refractivity contribution < 1.29 is 46.1 Å². The number of halogens is 4. The number of carbonyl (C=O) groups is 2. The lowest BCUT2D eigenvalue weighted by Crippen LogP contribution is -2.49. The molecule has 0 saturated heterocycles. The van der Waals surface area contributed by atoms with Gasteiger partial charge in [-0.25, -0.2) is 14.2 Å². The number of carbonyl (C=O) groups excluding carboxylic acids is 2. The highest BCUT2D eigenvalue weighted by Gasteiger charge is 2.38. The zero-order chi connectivity index (χ0) is 30.3. The Kier molecular flexibility index (Phi) is 10.9. The molecule has 1 aromatic carbocycles. The maximum atomic E-state index is 15.6. The lowest BCUT2D eigenvalue weighted by Gasteiger charge is -2.36. The Bertz CT molecular complexity index is 1240. The first-order valence-electron chi connectivity index (χ1n) is 13.0. The molecule has 3 rings (SSSR count). The van der Waals surface area contributed by atoms with Crippen LogP contribution < -0.4 is 9.64 Å². The highest BCUT2D eigenvalue weighted by Crippen LogP contribution is 2.40. The molecule has 0 atom stereocenters. The van der Waals surface area contributed by atoms with E-state index in [0.717, 1.165) is 44.3 Å². The molecule has 1 aromatic heterocycles. The lowest BCUT2D eigenvalue weighted by molar-refractivity contribution is -0.139. The van der Waals surface area contributed by atoms with E-state index in [1.807, 2.05) is 0 Å². The molecule has 41 heavy (non-hydrogen) atoms. The Balaban J connectivity index is 2.16. The maximum absolute atomic E-state index is 15.6. The summed E-state index contributed by atoms with van der Waals surface area (Å²) in [6, 6.07) is 1.78. The van der Waals surface area contributed by atoms with E-state index in [2.05, 4.69) is 18.5 Å². The van der Waals surface area contributed by atoms with E-state index < -0.39 is 47.1 Å². The number of hydrogen-bond donors (Lipinski definition) is 0. The number of alkyl halides is 3. The zero-order valence-corrected chi connectivity index (χ0v) is 23.4. The van der Waals surface area contributed by atoms with Crippen molar-refractivity contribution in [3.63, 3.8) is 0 Å². The van der Waals surface area contributed by atoms with Crippen LogP contribution in [0, 0.1) is 17.7 Å². The molecule has 0 radical (unpaired) electrons. The van der Waals surface area contributed by atoms with Crippen LogP contribution in [0.5, 0.6) is 11.6 Å². The van der Waals surface area contributed by atoms with Crippen LogP contribution in [0.3, 0.4) is 0 Å². The third-order valence-electron chi connectivity index (χ3n) is 7.02. The summed E-state index contributed by atoms with van der Waals surface area (Å²) in [4.78, 5) is 31.8. The average Bonchev–Trinajstić information content (AvgIpc) is 2.94. The minimum absolute atomic E-state index is 0.00228. The number of pyridine rings is 1. The van der Waals surface area contributed by atoms with Crippen molar-refractivity contribution in [3.05, 3.63) is 53.5 Å². The van der Waals surface area contributed by atoms with Gasteiger partial charge in [0.25, 0.3) is 0 Å². The maximum Gasteiger partial charge on any atom is 0.421 e. The van der Waals surface area contributed by atoms with E-state index in [1.54, 1.807) is 0 Å². The molecule has 1 aliphatic carbocycles. The van der Waals surface area contributed by atoms with E-state index in [9.17, 15) is 22.8 Å². The van der Waals surface area contributed by atoms with Crippen LogP contribution in [0.2, 0.25) is 0 Å². The summed E-state index contributed by atoms with van der Waals surface area (Å²) in [5, 5.41) is 0. The predicted octanol–water partition coefficient (Wildman–Crippen LogP) is 6.28. The van der Waals surface area contributed by atoms with Crippen molar-refractivity contribution in [1.82, 2.24) is 4.98 Å². The molecule has 1 fully saturated rings. The largest absolute Gasteiger partial charge is 0.465 e. The molecular formula is C29H34F4N2O6. The summed E-state index contributed by atoms with van der Waals surface area (Å²) in [6.07, 6.45) is 0.237. The second kappa shape index (κ2) is 13.9. The van der Waals surface area contributed by atoms with E-state index in [4.69, 9.17) is 18.9 Å². The van der Waals surface area contributed by atoms with Crippen LogP contribution >= 0.6 is 0 Å². The van der Waals surface area contributed by atoms with Crippen molar-refractivity contribution in [2.24, 2.45) is 11.8 Å². The molecule has 1 saturated carbocycles. The predicted molar refractivity (Wildman–Crippen MR) is 143 cm³/mol. The SMILES string of the molecule is C=Cc1cnc(Oc2cc(C(=O)OC)c(N(C(=O)[C@H]3CC[C@H](C)CC3)C(COC)COC)cc2F)c(C(F)(F)F)c1. The first-order chi connectivity index (χ1) is 19.4.